The van der Waals surface area contributed by atoms with Gasteiger partial charge in [-0.05, 0) is 25.0 Å². The molecule has 0 atom stereocenters. The molecule has 1 aromatic rings. The van der Waals surface area contributed by atoms with Gasteiger partial charge < -0.3 is 10.8 Å². The number of rotatable bonds is 4. The molecular formula is C11H17N3O3S. The summed E-state index contributed by atoms with van der Waals surface area (Å²) in [7, 11) is -3.63. The van der Waals surface area contributed by atoms with Gasteiger partial charge in [-0.3, -0.25) is 0 Å². The Kier molecular flexibility index (Phi) is 3.56. The molecule has 4 N–H and O–H groups in total. The molecule has 6 nitrogen and oxygen atoms in total. The van der Waals surface area contributed by atoms with Crippen molar-refractivity contribution in [2.24, 2.45) is 0 Å². The minimum absolute atomic E-state index is 0.0414. The topological polar surface area (TPSA) is 105 Å². The van der Waals surface area contributed by atoms with E-state index in [2.05, 4.69) is 9.71 Å². The fraction of sp³-hybridized carbons (Fsp3) is 0.545. The molecule has 2 rings (SSSR count). The van der Waals surface area contributed by atoms with Crippen molar-refractivity contribution in [2.75, 3.05) is 12.3 Å². The van der Waals surface area contributed by atoms with Gasteiger partial charge in [0.2, 0.25) is 10.0 Å². The van der Waals surface area contributed by atoms with Crippen LogP contribution in [0.2, 0.25) is 0 Å². The smallest absolute Gasteiger partial charge is 0.242 e. The van der Waals surface area contributed by atoms with E-state index in [1.807, 2.05) is 0 Å². The number of anilines is 1. The van der Waals surface area contributed by atoms with Crippen LogP contribution < -0.4 is 10.5 Å². The molecule has 0 unspecified atom stereocenters. The molecule has 1 aromatic heterocycles. The normalized spacial score (nSPS) is 18.9. The van der Waals surface area contributed by atoms with Crippen molar-refractivity contribution < 1.29 is 13.5 Å². The van der Waals surface area contributed by atoms with Crippen molar-refractivity contribution in [1.82, 2.24) is 9.71 Å². The van der Waals surface area contributed by atoms with Gasteiger partial charge >= 0.3 is 0 Å². The lowest BCUT2D eigenvalue weighted by molar-refractivity contribution is 0.0532. The summed E-state index contributed by atoms with van der Waals surface area (Å²) in [6.45, 7) is 0.0414. The summed E-state index contributed by atoms with van der Waals surface area (Å²) in [5.74, 6) is 0.267. The van der Waals surface area contributed by atoms with E-state index in [0.29, 0.717) is 12.8 Å². The zero-order valence-corrected chi connectivity index (χ0v) is 10.8. The van der Waals surface area contributed by atoms with Gasteiger partial charge in [-0.1, -0.05) is 12.8 Å². The molecule has 1 fully saturated rings. The van der Waals surface area contributed by atoms with Crippen molar-refractivity contribution in [2.45, 2.75) is 36.2 Å². The van der Waals surface area contributed by atoms with E-state index in [1.54, 1.807) is 0 Å². The lowest BCUT2D eigenvalue weighted by atomic mass is 10.0. The summed E-state index contributed by atoms with van der Waals surface area (Å²) < 4.78 is 26.3. The Bertz CT molecular complexity index is 507. The molecule has 0 bridgehead atoms. The van der Waals surface area contributed by atoms with Gasteiger partial charge in [-0.25, -0.2) is 18.1 Å². The van der Waals surface area contributed by atoms with Crippen molar-refractivity contribution in [3.05, 3.63) is 18.3 Å². The Hall–Kier alpha value is -1.18. The summed E-state index contributed by atoms with van der Waals surface area (Å²) >= 11 is 0. The lowest BCUT2D eigenvalue weighted by Gasteiger charge is -2.22. The van der Waals surface area contributed by atoms with Gasteiger partial charge in [0.05, 0.1) is 5.60 Å². The lowest BCUT2D eigenvalue weighted by Crippen LogP contribution is -2.40. The van der Waals surface area contributed by atoms with E-state index in [9.17, 15) is 13.5 Å². The summed E-state index contributed by atoms with van der Waals surface area (Å²) in [6, 6.07) is 2.82. The Balaban J connectivity index is 2.05. The molecule has 0 radical (unpaired) electrons. The second-order valence-electron chi connectivity index (χ2n) is 4.67. The van der Waals surface area contributed by atoms with Gasteiger partial charge in [0.15, 0.2) is 0 Å². The molecule has 0 aliphatic heterocycles. The third kappa shape index (κ3) is 2.98. The summed E-state index contributed by atoms with van der Waals surface area (Å²) in [6.07, 6.45) is 4.34. The van der Waals surface area contributed by atoms with Crippen molar-refractivity contribution >= 4 is 15.8 Å². The van der Waals surface area contributed by atoms with E-state index < -0.39 is 15.6 Å². The molecule has 0 spiro atoms. The Morgan fingerprint density at radius 3 is 2.61 bits per heavy atom. The minimum Gasteiger partial charge on any atom is -0.389 e. The molecule has 1 saturated carbocycles. The van der Waals surface area contributed by atoms with Gasteiger partial charge in [0.1, 0.15) is 10.7 Å². The number of nitrogens with one attached hydrogen (secondary N) is 1. The molecule has 0 saturated heterocycles. The van der Waals surface area contributed by atoms with Crippen LogP contribution in [0.15, 0.2) is 23.2 Å². The molecule has 0 aromatic carbocycles. The van der Waals surface area contributed by atoms with Crippen LogP contribution in [0.1, 0.15) is 25.7 Å². The first-order chi connectivity index (χ1) is 8.41. The predicted molar refractivity (Wildman–Crippen MR) is 67.3 cm³/mol. The number of hydrogen-bond donors (Lipinski definition) is 3. The van der Waals surface area contributed by atoms with Crippen LogP contribution in [0.25, 0.3) is 0 Å². The first kappa shape index (κ1) is 13.3. The zero-order valence-electron chi connectivity index (χ0n) is 9.96. The summed E-state index contributed by atoms with van der Waals surface area (Å²) in [5.41, 5.74) is 4.49. The maximum atomic E-state index is 11.9. The number of nitrogens with two attached hydrogens (primary N) is 1. The van der Waals surface area contributed by atoms with Crippen LogP contribution in [0.4, 0.5) is 5.82 Å². The predicted octanol–water partition coefficient (Wildman–Crippen LogP) is 0.247. The summed E-state index contributed by atoms with van der Waals surface area (Å²) in [5, 5.41) is 10.1. The molecule has 100 valence electrons. The van der Waals surface area contributed by atoms with Crippen LogP contribution in [-0.4, -0.2) is 30.7 Å². The first-order valence-electron chi connectivity index (χ1n) is 5.85. The van der Waals surface area contributed by atoms with Crippen LogP contribution in [0.3, 0.4) is 0 Å². The number of nitrogens with zero attached hydrogens (tertiary/aromatic N) is 1. The number of hydrogen-bond acceptors (Lipinski definition) is 5. The largest absolute Gasteiger partial charge is 0.389 e. The highest BCUT2D eigenvalue weighted by Crippen LogP contribution is 2.28. The van der Waals surface area contributed by atoms with Crippen molar-refractivity contribution in [1.29, 1.82) is 0 Å². The van der Waals surface area contributed by atoms with E-state index in [0.717, 1.165) is 12.8 Å². The van der Waals surface area contributed by atoms with E-state index >= 15 is 0 Å². The fourth-order valence-electron chi connectivity index (χ4n) is 2.07. The Morgan fingerprint density at radius 1 is 1.39 bits per heavy atom. The Morgan fingerprint density at radius 2 is 2.06 bits per heavy atom. The second-order valence-corrected chi connectivity index (χ2v) is 6.44. The molecule has 0 amide bonds. The SMILES string of the molecule is Nc1ccc(S(=O)(=O)NCC2(O)CCCC2)cn1. The Labute approximate surface area is 106 Å². The zero-order chi connectivity index (χ0) is 13.2. The van der Waals surface area contributed by atoms with Gasteiger partial charge in [0, 0.05) is 12.7 Å². The maximum Gasteiger partial charge on any atom is 0.242 e. The quantitative estimate of drug-likeness (QED) is 0.728. The maximum absolute atomic E-state index is 11.9. The standard InChI is InChI=1S/C11H17N3O3S/c12-10-4-3-9(7-13-10)18(16,17)14-8-11(15)5-1-2-6-11/h3-4,7,14-15H,1-2,5-6,8H2,(H2,12,13). The molecule has 1 aliphatic rings. The third-order valence-electron chi connectivity index (χ3n) is 3.20. The van der Waals surface area contributed by atoms with Crippen molar-refractivity contribution in [3.63, 3.8) is 0 Å². The van der Waals surface area contributed by atoms with Gasteiger partial charge in [0.25, 0.3) is 0 Å². The van der Waals surface area contributed by atoms with Crippen LogP contribution in [0, 0.1) is 0 Å². The third-order valence-corrected chi connectivity index (χ3v) is 4.58. The number of sulfonamides is 1. The van der Waals surface area contributed by atoms with Crippen molar-refractivity contribution in [3.8, 4) is 0 Å². The number of nitrogen functional groups attached to an aromatic ring is 1. The van der Waals surface area contributed by atoms with Crippen LogP contribution in [0.5, 0.6) is 0 Å². The van der Waals surface area contributed by atoms with E-state index in [1.165, 1.54) is 18.3 Å². The molecule has 1 aliphatic carbocycles. The average Bonchev–Trinajstić information content (AvgIpc) is 2.75. The average molecular weight is 271 g/mol. The monoisotopic (exact) mass is 271 g/mol. The molecule has 7 heteroatoms. The summed E-state index contributed by atoms with van der Waals surface area (Å²) in [4.78, 5) is 3.79. The highest BCUT2D eigenvalue weighted by Gasteiger charge is 2.32. The first-order valence-corrected chi connectivity index (χ1v) is 7.33. The number of aliphatic hydroxyl groups is 1. The van der Waals surface area contributed by atoms with Gasteiger partial charge in [-0.15, -0.1) is 0 Å². The minimum atomic E-state index is -3.63. The van der Waals surface area contributed by atoms with E-state index in [4.69, 9.17) is 5.73 Å². The highest BCUT2D eigenvalue weighted by atomic mass is 32.2. The molecular weight excluding hydrogens is 254 g/mol. The highest BCUT2D eigenvalue weighted by molar-refractivity contribution is 7.89. The number of aromatic nitrogens is 1. The fourth-order valence-corrected chi connectivity index (χ4v) is 3.14. The second kappa shape index (κ2) is 4.83. The molecule has 1 heterocycles. The van der Waals surface area contributed by atoms with Crippen LogP contribution >= 0.6 is 0 Å². The van der Waals surface area contributed by atoms with Gasteiger partial charge in [-0.2, -0.15) is 0 Å². The molecule has 18 heavy (non-hydrogen) atoms. The number of pyridine rings is 1. The van der Waals surface area contributed by atoms with Crippen LogP contribution in [-0.2, 0) is 10.0 Å². The van der Waals surface area contributed by atoms with E-state index in [-0.39, 0.29) is 17.3 Å².